The minimum atomic E-state index is -1.24. The van der Waals surface area contributed by atoms with Gasteiger partial charge in [0, 0.05) is 16.6 Å². The molecule has 8 heteroatoms. The lowest BCUT2D eigenvalue weighted by atomic mass is 10.1. The van der Waals surface area contributed by atoms with E-state index in [0.717, 1.165) is 0 Å². The molecule has 1 atom stereocenters. The van der Waals surface area contributed by atoms with E-state index in [1.54, 1.807) is 6.07 Å². The first-order valence-electron chi connectivity index (χ1n) is 5.68. The number of carbonyl (C=O) groups excluding carboxylic acids is 2. The number of hydrogen-bond donors (Lipinski definition) is 4. The van der Waals surface area contributed by atoms with Gasteiger partial charge in [0.05, 0.1) is 5.56 Å². The maximum absolute atomic E-state index is 12.0. The average Bonchev–Trinajstić information content (AvgIpc) is 2.33. The van der Waals surface area contributed by atoms with Crippen molar-refractivity contribution in [2.24, 2.45) is 5.73 Å². The third-order valence-electron chi connectivity index (χ3n) is 2.54. The Bertz CT molecular complexity index is 548. The van der Waals surface area contributed by atoms with E-state index < -0.39 is 23.8 Å². The molecule has 0 heterocycles. The van der Waals surface area contributed by atoms with Gasteiger partial charge in [-0.25, -0.2) is 4.79 Å². The van der Waals surface area contributed by atoms with Crippen LogP contribution in [0.2, 0.25) is 0 Å². The molecule has 108 valence electrons. The first-order valence-corrected chi connectivity index (χ1v) is 6.47. The summed E-state index contributed by atoms with van der Waals surface area (Å²) in [5.74, 6) is -2.49. The predicted octanol–water partition coefficient (Wildman–Crippen LogP) is 0.480. The third-order valence-corrected chi connectivity index (χ3v) is 3.03. The Labute approximate surface area is 123 Å². The van der Waals surface area contributed by atoms with Crippen LogP contribution in [0.5, 0.6) is 0 Å². The Morgan fingerprint density at radius 3 is 2.50 bits per heavy atom. The quantitative estimate of drug-likeness (QED) is 0.557. The Balaban J connectivity index is 2.80. The van der Waals surface area contributed by atoms with E-state index in [4.69, 9.17) is 16.6 Å². The average molecular weight is 344 g/mol. The van der Waals surface area contributed by atoms with Crippen LogP contribution in [0.15, 0.2) is 22.7 Å². The van der Waals surface area contributed by atoms with Crippen molar-refractivity contribution < 1.29 is 19.5 Å². The highest BCUT2D eigenvalue weighted by Crippen LogP contribution is 2.18. The SMILES string of the molecule is NC(=O)CCC(NC(=O)c1ccc(Br)cc1N)C(=O)O. The topological polar surface area (TPSA) is 136 Å². The molecule has 20 heavy (non-hydrogen) atoms. The molecule has 0 fully saturated rings. The summed E-state index contributed by atoms with van der Waals surface area (Å²) in [5, 5.41) is 11.3. The van der Waals surface area contributed by atoms with Crippen molar-refractivity contribution in [3.8, 4) is 0 Å². The molecule has 0 saturated heterocycles. The molecule has 1 rings (SSSR count). The number of halogens is 1. The van der Waals surface area contributed by atoms with Crippen molar-refractivity contribution in [1.29, 1.82) is 0 Å². The van der Waals surface area contributed by atoms with Crippen LogP contribution in [-0.2, 0) is 9.59 Å². The van der Waals surface area contributed by atoms with Gasteiger partial charge in [0.25, 0.3) is 5.91 Å². The van der Waals surface area contributed by atoms with Crippen LogP contribution < -0.4 is 16.8 Å². The van der Waals surface area contributed by atoms with Gasteiger partial charge in [-0.1, -0.05) is 15.9 Å². The molecule has 1 aromatic carbocycles. The number of carbonyl (C=O) groups is 3. The second-order valence-electron chi connectivity index (χ2n) is 4.10. The van der Waals surface area contributed by atoms with Crippen LogP contribution in [0, 0.1) is 0 Å². The van der Waals surface area contributed by atoms with Crippen LogP contribution in [0.3, 0.4) is 0 Å². The van der Waals surface area contributed by atoms with Crippen LogP contribution >= 0.6 is 15.9 Å². The molecule has 1 unspecified atom stereocenters. The highest BCUT2D eigenvalue weighted by molar-refractivity contribution is 9.10. The number of aliphatic carboxylic acids is 1. The molecule has 0 aliphatic carbocycles. The summed E-state index contributed by atoms with van der Waals surface area (Å²) in [6, 6.07) is 3.43. The Kier molecular flexibility index (Phi) is 5.51. The number of amides is 2. The molecule has 0 aromatic heterocycles. The van der Waals surface area contributed by atoms with E-state index in [2.05, 4.69) is 21.2 Å². The smallest absolute Gasteiger partial charge is 0.326 e. The Hall–Kier alpha value is -2.09. The summed E-state index contributed by atoms with van der Waals surface area (Å²) in [5.41, 5.74) is 11.0. The van der Waals surface area contributed by atoms with Crippen molar-refractivity contribution in [2.45, 2.75) is 18.9 Å². The number of benzene rings is 1. The lowest BCUT2D eigenvalue weighted by molar-refractivity contribution is -0.139. The number of anilines is 1. The van der Waals surface area contributed by atoms with Gasteiger partial charge in [-0.3, -0.25) is 9.59 Å². The maximum Gasteiger partial charge on any atom is 0.326 e. The van der Waals surface area contributed by atoms with Gasteiger partial charge in [-0.2, -0.15) is 0 Å². The van der Waals surface area contributed by atoms with E-state index in [1.165, 1.54) is 12.1 Å². The summed E-state index contributed by atoms with van der Waals surface area (Å²) in [4.78, 5) is 33.6. The van der Waals surface area contributed by atoms with Gasteiger partial charge in [0.1, 0.15) is 6.04 Å². The maximum atomic E-state index is 12.0. The van der Waals surface area contributed by atoms with Crippen LogP contribution in [0.1, 0.15) is 23.2 Å². The largest absolute Gasteiger partial charge is 0.480 e. The molecular formula is C12H14BrN3O4. The zero-order chi connectivity index (χ0) is 15.3. The van der Waals surface area contributed by atoms with Gasteiger partial charge >= 0.3 is 5.97 Å². The molecule has 0 radical (unpaired) electrons. The summed E-state index contributed by atoms with van der Waals surface area (Å²) in [6.45, 7) is 0. The number of carboxylic acid groups (broad SMARTS) is 1. The van der Waals surface area contributed by atoms with Crippen molar-refractivity contribution in [1.82, 2.24) is 5.32 Å². The number of nitrogen functional groups attached to an aromatic ring is 1. The Morgan fingerprint density at radius 2 is 2.00 bits per heavy atom. The van der Waals surface area contributed by atoms with E-state index >= 15 is 0 Å². The lowest BCUT2D eigenvalue weighted by Gasteiger charge is -2.14. The van der Waals surface area contributed by atoms with Crippen LogP contribution in [0.4, 0.5) is 5.69 Å². The number of nitrogens with one attached hydrogen (secondary N) is 1. The van der Waals surface area contributed by atoms with E-state index in [1.807, 2.05) is 0 Å². The molecule has 6 N–H and O–H groups in total. The number of nitrogens with two attached hydrogens (primary N) is 2. The molecule has 1 aromatic rings. The van der Waals surface area contributed by atoms with E-state index in [9.17, 15) is 14.4 Å². The van der Waals surface area contributed by atoms with Crippen molar-refractivity contribution in [3.05, 3.63) is 28.2 Å². The number of rotatable bonds is 6. The molecule has 0 saturated carbocycles. The second-order valence-corrected chi connectivity index (χ2v) is 5.02. The zero-order valence-electron chi connectivity index (χ0n) is 10.4. The predicted molar refractivity (Wildman–Crippen MR) is 75.9 cm³/mol. The summed E-state index contributed by atoms with van der Waals surface area (Å²) < 4.78 is 0.704. The van der Waals surface area contributed by atoms with Gasteiger partial charge in [0.15, 0.2) is 0 Å². The molecule has 0 aliphatic rings. The van der Waals surface area contributed by atoms with E-state index in [0.29, 0.717) is 4.47 Å². The molecule has 0 spiro atoms. The van der Waals surface area contributed by atoms with Crippen LogP contribution in [-0.4, -0.2) is 28.9 Å². The normalized spacial score (nSPS) is 11.7. The number of hydrogen-bond acceptors (Lipinski definition) is 4. The van der Waals surface area contributed by atoms with Gasteiger partial charge in [0.2, 0.25) is 5.91 Å². The highest BCUT2D eigenvalue weighted by Gasteiger charge is 2.22. The summed E-state index contributed by atoms with van der Waals surface area (Å²) in [6.07, 6.45) is -0.208. The second kappa shape index (κ2) is 6.90. The molecule has 0 bridgehead atoms. The minimum absolute atomic E-state index is 0.0765. The Morgan fingerprint density at radius 1 is 1.35 bits per heavy atom. The lowest BCUT2D eigenvalue weighted by Crippen LogP contribution is -2.41. The van der Waals surface area contributed by atoms with E-state index in [-0.39, 0.29) is 24.1 Å². The fourth-order valence-corrected chi connectivity index (χ4v) is 1.90. The van der Waals surface area contributed by atoms with Gasteiger partial charge < -0.3 is 21.9 Å². The molecule has 2 amide bonds. The van der Waals surface area contributed by atoms with Crippen molar-refractivity contribution in [2.75, 3.05) is 5.73 Å². The van der Waals surface area contributed by atoms with Gasteiger partial charge in [-0.15, -0.1) is 0 Å². The third kappa shape index (κ3) is 4.54. The highest BCUT2D eigenvalue weighted by atomic mass is 79.9. The summed E-state index contributed by atoms with van der Waals surface area (Å²) >= 11 is 3.20. The zero-order valence-corrected chi connectivity index (χ0v) is 12.0. The van der Waals surface area contributed by atoms with Gasteiger partial charge in [-0.05, 0) is 24.6 Å². The molecule has 0 aliphatic heterocycles. The first-order chi connectivity index (χ1) is 9.31. The molecular weight excluding hydrogens is 330 g/mol. The number of primary amides is 1. The molecule has 7 nitrogen and oxygen atoms in total. The number of carboxylic acids is 1. The first kappa shape index (κ1) is 16.0. The monoisotopic (exact) mass is 343 g/mol. The van der Waals surface area contributed by atoms with Crippen LogP contribution in [0.25, 0.3) is 0 Å². The fourth-order valence-electron chi connectivity index (χ4n) is 1.52. The summed E-state index contributed by atoms with van der Waals surface area (Å²) in [7, 11) is 0. The standard InChI is InChI=1S/C12H14BrN3O4/c13-6-1-2-7(8(14)5-6)11(18)16-9(12(19)20)3-4-10(15)17/h1-2,5,9H,3-4,14H2,(H2,15,17)(H,16,18)(H,19,20). The fraction of sp³-hybridized carbons (Fsp3) is 0.250. The minimum Gasteiger partial charge on any atom is -0.480 e. The van der Waals surface area contributed by atoms with Crippen molar-refractivity contribution in [3.63, 3.8) is 0 Å². The van der Waals surface area contributed by atoms with Crippen molar-refractivity contribution >= 4 is 39.4 Å².